The lowest BCUT2D eigenvalue weighted by atomic mass is 10.1. The second kappa shape index (κ2) is 5.29. The number of morpholine rings is 1. The van der Waals surface area contributed by atoms with E-state index in [-0.39, 0.29) is 6.04 Å². The maximum Gasteiger partial charge on any atom is 0.282 e. The molecule has 6 nitrogen and oxygen atoms in total. The zero-order valence-corrected chi connectivity index (χ0v) is 12.3. The first-order chi connectivity index (χ1) is 9.09. The molecule has 19 heavy (non-hydrogen) atoms. The summed E-state index contributed by atoms with van der Waals surface area (Å²) >= 11 is 0. The van der Waals surface area contributed by atoms with E-state index in [9.17, 15) is 8.42 Å². The molecule has 0 spiro atoms. The van der Waals surface area contributed by atoms with Crippen LogP contribution >= 0.6 is 0 Å². The molecule has 3 aliphatic heterocycles. The van der Waals surface area contributed by atoms with Crippen LogP contribution in [-0.4, -0.2) is 79.9 Å². The van der Waals surface area contributed by atoms with E-state index in [1.807, 2.05) is 6.92 Å². The minimum atomic E-state index is -3.31. The Bertz CT molecular complexity index is 422. The van der Waals surface area contributed by atoms with E-state index < -0.39 is 10.2 Å². The molecule has 3 aliphatic rings. The van der Waals surface area contributed by atoms with Crippen LogP contribution in [0, 0.1) is 0 Å². The van der Waals surface area contributed by atoms with Gasteiger partial charge in [-0.2, -0.15) is 17.0 Å². The molecule has 0 aromatic carbocycles. The fourth-order valence-electron chi connectivity index (χ4n) is 3.41. The highest BCUT2D eigenvalue weighted by Gasteiger charge is 2.42. The maximum absolute atomic E-state index is 12.7. The van der Waals surface area contributed by atoms with Gasteiger partial charge in [0.2, 0.25) is 0 Å². The summed E-state index contributed by atoms with van der Waals surface area (Å²) in [5.74, 6) is 0. The predicted molar refractivity (Wildman–Crippen MR) is 72.1 cm³/mol. The minimum absolute atomic E-state index is 0.0715. The van der Waals surface area contributed by atoms with Crippen LogP contribution < -0.4 is 0 Å². The first kappa shape index (κ1) is 13.8. The van der Waals surface area contributed by atoms with Gasteiger partial charge >= 0.3 is 0 Å². The average molecular weight is 289 g/mol. The van der Waals surface area contributed by atoms with Crippen LogP contribution in [0.5, 0.6) is 0 Å². The van der Waals surface area contributed by atoms with Gasteiger partial charge in [-0.05, 0) is 26.3 Å². The number of rotatable bonds is 2. The third-order valence-corrected chi connectivity index (χ3v) is 6.59. The van der Waals surface area contributed by atoms with E-state index in [0.29, 0.717) is 38.9 Å². The number of hydrogen-bond donors (Lipinski definition) is 0. The van der Waals surface area contributed by atoms with Gasteiger partial charge in [-0.3, -0.25) is 4.90 Å². The summed E-state index contributed by atoms with van der Waals surface area (Å²) in [6.45, 7) is 6.66. The molecule has 0 N–H and O–H groups in total. The molecule has 2 atom stereocenters. The SMILES string of the molecule is C[C@@H]1CN2CCC[C@@H]2CN1S(=O)(=O)N1CCOCC1. The topological polar surface area (TPSA) is 53.1 Å². The van der Waals surface area contributed by atoms with Crippen LogP contribution in [0.4, 0.5) is 0 Å². The fourth-order valence-corrected chi connectivity index (χ4v) is 5.20. The first-order valence-corrected chi connectivity index (χ1v) is 8.57. The molecule has 0 aromatic rings. The van der Waals surface area contributed by atoms with Crippen LogP contribution in [-0.2, 0) is 14.9 Å². The van der Waals surface area contributed by atoms with Crippen molar-refractivity contribution in [2.75, 3.05) is 45.9 Å². The van der Waals surface area contributed by atoms with E-state index in [0.717, 1.165) is 19.5 Å². The van der Waals surface area contributed by atoms with Crippen LogP contribution in [0.1, 0.15) is 19.8 Å². The number of nitrogens with zero attached hydrogens (tertiary/aromatic N) is 3. The zero-order chi connectivity index (χ0) is 13.5. The summed E-state index contributed by atoms with van der Waals surface area (Å²) in [5.41, 5.74) is 0. The van der Waals surface area contributed by atoms with E-state index >= 15 is 0 Å². The van der Waals surface area contributed by atoms with Gasteiger partial charge in [0.25, 0.3) is 10.2 Å². The van der Waals surface area contributed by atoms with Crippen molar-refractivity contribution < 1.29 is 13.2 Å². The normalized spacial score (nSPS) is 35.4. The van der Waals surface area contributed by atoms with Crippen LogP contribution in [0.15, 0.2) is 0 Å². The Labute approximate surface area is 115 Å². The monoisotopic (exact) mass is 289 g/mol. The molecule has 0 amide bonds. The molecular formula is C12H23N3O3S. The molecule has 3 heterocycles. The maximum atomic E-state index is 12.7. The number of fused-ring (bicyclic) bond motifs is 1. The molecule has 110 valence electrons. The van der Waals surface area contributed by atoms with Crippen molar-refractivity contribution >= 4 is 10.2 Å². The van der Waals surface area contributed by atoms with Crippen LogP contribution in [0.2, 0.25) is 0 Å². The lowest BCUT2D eigenvalue weighted by Gasteiger charge is -2.43. The minimum Gasteiger partial charge on any atom is -0.379 e. The second-order valence-corrected chi connectivity index (χ2v) is 7.61. The molecule has 0 saturated carbocycles. The van der Waals surface area contributed by atoms with Gasteiger partial charge in [-0.15, -0.1) is 0 Å². The average Bonchev–Trinajstić information content (AvgIpc) is 2.85. The summed E-state index contributed by atoms with van der Waals surface area (Å²) in [6, 6.07) is 0.495. The van der Waals surface area contributed by atoms with Gasteiger partial charge in [-0.25, -0.2) is 0 Å². The Hall–Kier alpha value is -0.210. The Morgan fingerprint density at radius 2 is 1.84 bits per heavy atom. The quantitative estimate of drug-likeness (QED) is 0.702. The highest BCUT2D eigenvalue weighted by Crippen LogP contribution is 2.27. The van der Waals surface area contributed by atoms with E-state index in [4.69, 9.17) is 4.74 Å². The van der Waals surface area contributed by atoms with Crippen molar-refractivity contribution in [1.29, 1.82) is 0 Å². The lowest BCUT2D eigenvalue weighted by Crippen LogP contribution is -2.60. The summed E-state index contributed by atoms with van der Waals surface area (Å²) in [4.78, 5) is 2.44. The summed E-state index contributed by atoms with van der Waals surface area (Å²) in [6.07, 6.45) is 2.32. The molecule has 0 bridgehead atoms. The summed E-state index contributed by atoms with van der Waals surface area (Å²) in [7, 11) is -3.31. The smallest absolute Gasteiger partial charge is 0.282 e. The Kier molecular flexibility index (Phi) is 3.83. The van der Waals surface area contributed by atoms with Crippen molar-refractivity contribution in [3.8, 4) is 0 Å². The van der Waals surface area contributed by atoms with Gasteiger partial charge in [0.15, 0.2) is 0 Å². The molecular weight excluding hydrogens is 266 g/mol. The largest absolute Gasteiger partial charge is 0.379 e. The number of ether oxygens (including phenoxy) is 1. The van der Waals surface area contributed by atoms with E-state index in [1.54, 1.807) is 8.61 Å². The van der Waals surface area contributed by atoms with E-state index in [1.165, 1.54) is 6.42 Å². The fraction of sp³-hybridized carbons (Fsp3) is 1.00. The summed E-state index contributed by atoms with van der Waals surface area (Å²) in [5, 5.41) is 0. The standard InChI is InChI=1S/C12H23N3O3S/c1-11-9-13-4-2-3-12(13)10-15(11)19(16,17)14-5-7-18-8-6-14/h11-12H,2-10H2,1H3/t11-,12-/m1/s1. The molecule has 3 fully saturated rings. The number of piperazine rings is 1. The third kappa shape index (κ3) is 2.54. The number of hydrogen-bond acceptors (Lipinski definition) is 4. The molecule has 7 heteroatoms. The van der Waals surface area contributed by atoms with Gasteiger partial charge in [0, 0.05) is 38.3 Å². The predicted octanol–water partition coefficient (Wildman–Crippen LogP) is -0.268. The Morgan fingerprint density at radius 3 is 2.58 bits per heavy atom. The van der Waals surface area contributed by atoms with Crippen LogP contribution in [0.3, 0.4) is 0 Å². The molecule has 3 saturated heterocycles. The molecule has 0 aliphatic carbocycles. The van der Waals surface area contributed by atoms with Crippen LogP contribution in [0.25, 0.3) is 0 Å². The molecule has 0 unspecified atom stereocenters. The molecule has 3 rings (SSSR count). The van der Waals surface area contributed by atoms with Gasteiger partial charge in [-0.1, -0.05) is 0 Å². The zero-order valence-electron chi connectivity index (χ0n) is 11.5. The van der Waals surface area contributed by atoms with Gasteiger partial charge in [0.1, 0.15) is 0 Å². The Morgan fingerprint density at radius 1 is 1.11 bits per heavy atom. The summed E-state index contributed by atoms with van der Waals surface area (Å²) < 4.78 is 34.0. The molecule has 0 aromatic heterocycles. The molecule has 0 radical (unpaired) electrons. The van der Waals surface area contributed by atoms with Gasteiger partial charge in [0.05, 0.1) is 13.2 Å². The van der Waals surface area contributed by atoms with Crippen molar-refractivity contribution in [1.82, 2.24) is 13.5 Å². The Balaban J connectivity index is 1.76. The first-order valence-electron chi connectivity index (χ1n) is 7.18. The third-order valence-electron chi connectivity index (χ3n) is 4.47. The second-order valence-electron chi connectivity index (χ2n) is 5.73. The van der Waals surface area contributed by atoms with Gasteiger partial charge < -0.3 is 4.74 Å². The lowest BCUT2D eigenvalue weighted by molar-refractivity contribution is 0.0629. The highest BCUT2D eigenvalue weighted by atomic mass is 32.2. The van der Waals surface area contributed by atoms with Crippen molar-refractivity contribution in [3.63, 3.8) is 0 Å². The highest BCUT2D eigenvalue weighted by molar-refractivity contribution is 7.86. The van der Waals surface area contributed by atoms with Crippen molar-refractivity contribution in [2.24, 2.45) is 0 Å². The van der Waals surface area contributed by atoms with E-state index in [2.05, 4.69) is 4.90 Å². The van der Waals surface area contributed by atoms with Crippen molar-refractivity contribution in [3.05, 3.63) is 0 Å². The van der Waals surface area contributed by atoms with Crippen molar-refractivity contribution in [2.45, 2.75) is 31.8 Å².